The van der Waals surface area contributed by atoms with Gasteiger partial charge in [-0.3, -0.25) is 4.79 Å². The van der Waals surface area contributed by atoms with Gasteiger partial charge in [0.15, 0.2) is 6.10 Å². The molecular weight excluding hydrogens is 358 g/mol. The number of carbonyl (C=O) groups excluding carboxylic acids is 1. The minimum atomic E-state index is -0.476. The van der Waals surface area contributed by atoms with E-state index in [4.69, 9.17) is 9.47 Å². The van der Waals surface area contributed by atoms with Crippen LogP contribution in [0.3, 0.4) is 0 Å². The van der Waals surface area contributed by atoms with Crippen molar-refractivity contribution in [3.63, 3.8) is 0 Å². The quantitative estimate of drug-likeness (QED) is 0.695. The summed E-state index contributed by atoms with van der Waals surface area (Å²) in [5.74, 6) is 1.51. The normalized spacial score (nSPS) is 14.9. The smallest absolute Gasteiger partial charge is 0.265 e. The maximum atomic E-state index is 12.5. The largest absolute Gasteiger partial charge is 0.497 e. The number of benzene rings is 3. The zero-order valence-electron chi connectivity index (χ0n) is 14.8. The molecule has 4 nitrogen and oxygen atoms in total. The zero-order valence-corrected chi connectivity index (χ0v) is 15.7. The van der Waals surface area contributed by atoms with Gasteiger partial charge in [0.2, 0.25) is 0 Å². The summed E-state index contributed by atoms with van der Waals surface area (Å²) in [6.45, 7) is 0. The van der Waals surface area contributed by atoms with Gasteiger partial charge in [-0.1, -0.05) is 30.0 Å². The van der Waals surface area contributed by atoms with Crippen LogP contribution in [-0.4, -0.2) is 19.1 Å². The lowest BCUT2D eigenvalue weighted by atomic mass is 10.1. The summed E-state index contributed by atoms with van der Waals surface area (Å²) in [5, 5.41) is 2.94. The number of amides is 1. The number of hydrogen-bond acceptors (Lipinski definition) is 4. The molecule has 1 amide bonds. The van der Waals surface area contributed by atoms with Gasteiger partial charge in [0.25, 0.3) is 5.91 Å². The van der Waals surface area contributed by atoms with Crippen LogP contribution in [0.15, 0.2) is 82.6 Å². The number of nitrogens with one attached hydrogen (secondary N) is 1. The van der Waals surface area contributed by atoms with Crippen molar-refractivity contribution < 1.29 is 14.3 Å². The number of fused-ring (bicyclic) bond motifs is 1. The lowest BCUT2D eigenvalue weighted by molar-refractivity contribution is -0.122. The van der Waals surface area contributed by atoms with Gasteiger partial charge >= 0.3 is 0 Å². The molecule has 0 radical (unpaired) electrons. The fourth-order valence-electron chi connectivity index (χ4n) is 2.94. The molecule has 3 aromatic carbocycles. The molecule has 0 aromatic heterocycles. The Morgan fingerprint density at radius 1 is 1.00 bits per heavy atom. The molecule has 136 valence electrons. The molecule has 27 heavy (non-hydrogen) atoms. The van der Waals surface area contributed by atoms with E-state index in [2.05, 4.69) is 5.32 Å². The number of para-hydroxylation sites is 1. The molecule has 1 unspecified atom stereocenters. The predicted octanol–water partition coefficient (Wildman–Crippen LogP) is 4.79. The molecule has 5 heteroatoms. The molecule has 0 bridgehead atoms. The van der Waals surface area contributed by atoms with Crippen LogP contribution < -0.4 is 14.8 Å². The topological polar surface area (TPSA) is 47.6 Å². The Hall–Kier alpha value is -2.92. The van der Waals surface area contributed by atoms with Gasteiger partial charge in [-0.2, -0.15) is 0 Å². The molecule has 0 saturated carbocycles. The molecular formula is C22H19NO3S. The van der Waals surface area contributed by atoms with Gasteiger partial charge < -0.3 is 14.8 Å². The second-order valence-electron chi connectivity index (χ2n) is 6.21. The van der Waals surface area contributed by atoms with E-state index >= 15 is 0 Å². The molecule has 0 fully saturated rings. The van der Waals surface area contributed by atoms with E-state index in [0.29, 0.717) is 6.42 Å². The second kappa shape index (κ2) is 7.76. The molecule has 1 aliphatic rings. The van der Waals surface area contributed by atoms with Crippen molar-refractivity contribution in [2.75, 3.05) is 12.4 Å². The van der Waals surface area contributed by atoms with Crippen LogP contribution in [0.5, 0.6) is 11.5 Å². The third-order valence-corrected chi connectivity index (χ3v) is 5.37. The van der Waals surface area contributed by atoms with Crippen LogP contribution in [0.2, 0.25) is 0 Å². The molecule has 1 heterocycles. The van der Waals surface area contributed by atoms with Gasteiger partial charge in [0, 0.05) is 21.9 Å². The fraction of sp³-hybridized carbons (Fsp3) is 0.136. The van der Waals surface area contributed by atoms with Gasteiger partial charge in [-0.15, -0.1) is 0 Å². The number of ether oxygens (including phenoxy) is 2. The number of hydrogen-bond donors (Lipinski definition) is 1. The lowest BCUT2D eigenvalue weighted by Gasteiger charge is -2.12. The van der Waals surface area contributed by atoms with Crippen LogP contribution >= 0.6 is 11.8 Å². The second-order valence-corrected chi connectivity index (χ2v) is 7.36. The molecule has 4 rings (SSSR count). The van der Waals surface area contributed by atoms with E-state index < -0.39 is 6.10 Å². The van der Waals surface area contributed by atoms with Crippen LogP contribution in [0, 0.1) is 0 Å². The molecule has 0 spiro atoms. The summed E-state index contributed by atoms with van der Waals surface area (Å²) in [5.41, 5.74) is 1.84. The van der Waals surface area contributed by atoms with E-state index in [9.17, 15) is 4.79 Å². The summed E-state index contributed by atoms with van der Waals surface area (Å²) in [6.07, 6.45) is 0.128. The van der Waals surface area contributed by atoms with E-state index in [-0.39, 0.29) is 5.91 Å². The monoisotopic (exact) mass is 377 g/mol. The highest BCUT2D eigenvalue weighted by molar-refractivity contribution is 7.99. The van der Waals surface area contributed by atoms with Crippen molar-refractivity contribution in [2.24, 2.45) is 0 Å². The van der Waals surface area contributed by atoms with Crippen molar-refractivity contribution in [3.05, 3.63) is 78.4 Å². The van der Waals surface area contributed by atoms with Crippen molar-refractivity contribution in [2.45, 2.75) is 22.3 Å². The van der Waals surface area contributed by atoms with E-state index in [1.54, 1.807) is 18.9 Å². The summed E-state index contributed by atoms with van der Waals surface area (Å²) < 4.78 is 10.9. The van der Waals surface area contributed by atoms with E-state index in [1.165, 1.54) is 0 Å². The minimum Gasteiger partial charge on any atom is -0.497 e. The summed E-state index contributed by atoms with van der Waals surface area (Å²) in [6, 6.07) is 23.5. The Labute approximate surface area is 162 Å². The average molecular weight is 377 g/mol. The Balaban J connectivity index is 1.35. The molecule has 0 saturated heterocycles. The van der Waals surface area contributed by atoms with Crippen molar-refractivity contribution in [1.82, 2.24) is 0 Å². The highest BCUT2D eigenvalue weighted by Crippen LogP contribution is 2.31. The fourth-order valence-corrected chi connectivity index (χ4v) is 3.75. The third kappa shape index (κ3) is 4.09. The minimum absolute atomic E-state index is 0.123. The Bertz CT molecular complexity index is 914. The lowest BCUT2D eigenvalue weighted by Crippen LogP contribution is -2.31. The standard InChI is InChI=1S/C22H19NO3S/c1-25-17-8-12-19(13-9-17)27-18-10-6-16(7-11-18)23-22(24)21-14-15-4-2-3-5-20(15)26-21/h2-13,21H,14H2,1H3,(H,23,24). The van der Waals surface area contributed by atoms with Crippen molar-refractivity contribution >= 4 is 23.4 Å². The first-order valence-corrected chi connectivity index (χ1v) is 9.50. The average Bonchev–Trinajstić information content (AvgIpc) is 3.14. The number of rotatable bonds is 5. The molecule has 1 atom stereocenters. The number of methoxy groups -OCH3 is 1. The molecule has 3 aromatic rings. The SMILES string of the molecule is COc1ccc(Sc2ccc(NC(=O)C3Cc4ccccc4O3)cc2)cc1. The first kappa shape index (κ1) is 17.5. The Morgan fingerprint density at radius 2 is 1.67 bits per heavy atom. The van der Waals surface area contributed by atoms with Crippen LogP contribution in [0.25, 0.3) is 0 Å². The van der Waals surface area contributed by atoms with Crippen LogP contribution in [-0.2, 0) is 11.2 Å². The Kier molecular flexibility index (Phi) is 5.03. The van der Waals surface area contributed by atoms with E-state index in [0.717, 1.165) is 32.5 Å². The maximum Gasteiger partial charge on any atom is 0.265 e. The van der Waals surface area contributed by atoms with Crippen LogP contribution in [0.4, 0.5) is 5.69 Å². The zero-order chi connectivity index (χ0) is 18.6. The molecule has 0 aliphatic carbocycles. The molecule has 1 aliphatic heterocycles. The van der Waals surface area contributed by atoms with Crippen molar-refractivity contribution in [3.8, 4) is 11.5 Å². The summed E-state index contributed by atoms with van der Waals surface area (Å²) in [7, 11) is 1.66. The summed E-state index contributed by atoms with van der Waals surface area (Å²) in [4.78, 5) is 14.7. The van der Waals surface area contributed by atoms with Crippen LogP contribution in [0.1, 0.15) is 5.56 Å². The third-order valence-electron chi connectivity index (χ3n) is 4.36. The molecule has 1 N–H and O–H groups in total. The number of carbonyl (C=O) groups is 1. The van der Waals surface area contributed by atoms with Gasteiger partial charge in [0.05, 0.1) is 7.11 Å². The first-order valence-electron chi connectivity index (χ1n) is 8.69. The maximum absolute atomic E-state index is 12.5. The Morgan fingerprint density at radius 3 is 2.33 bits per heavy atom. The van der Waals surface area contributed by atoms with Gasteiger partial charge in [0.1, 0.15) is 11.5 Å². The highest BCUT2D eigenvalue weighted by Gasteiger charge is 2.28. The predicted molar refractivity (Wildman–Crippen MR) is 107 cm³/mol. The number of anilines is 1. The van der Waals surface area contributed by atoms with Crippen molar-refractivity contribution in [1.29, 1.82) is 0 Å². The highest BCUT2D eigenvalue weighted by atomic mass is 32.2. The van der Waals surface area contributed by atoms with E-state index in [1.807, 2.05) is 72.8 Å². The summed E-state index contributed by atoms with van der Waals surface area (Å²) >= 11 is 1.66. The first-order chi connectivity index (χ1) is 13.2. The van der Waals surface area contributed by atoms with Gasteiger partial charge in [-0.25, -0.2) is 0 Å². The van der Waals surface area contributed by atoms with Gasteiger partial charge in [-0.05, 0) is 60.2 Å².